The van der Waals surface area contributed by atoms with E-state index in [0.29, 0.717) is 5.75 Å². The molecule has 0 bridgehead atoms. The summed E-state index contributed by atoms with van der Waals surface area (Å²) in [5.41, 5.74) is 4.23. The number of rotatable bonds is 12. The van der Waals surface area contributed by atoms with Gasteiger partial charge < -0.3 is 11.3 Å². The molecule has 3 heteroatoms. The van der Waals surface area contributed by atoms with E-state index in [1.165, 1.54) is 56.9 Å². The fourth-order valence-corrected chi connectivity index (χ4v) is 5.27. The minimum Gasteiger partial charge on any atom is -1.00 e. The number of phenols is 1. The summed E-state index contributed by atoms with van der Waals surface area (Å²) in [6, 6.07) is 0. The van der Waals surface area contributed by atoms with Gasteiger partial charge in [0, 0.05) is 5.56 Å². The van der Waals surface area contributed by atoms with E-state index in [0.717, 1.165) is 59.5 Å². The third-order valence-corrected chi connectivity index (χ3v) is 7.87. The van der Waals surface area contributed by atoms with Crippen LogP contribution < -0.4 is 34.3 Å². The van der Waals surface area contributed by atoms with Crippen molar-refractivity contribution in [2.24, 2.45) is 17.8 Å². The average molecular weight is 455 g/mol. The summed E-state index contributed by atoms with van der Waals surface area (Å²) < 4.78 is 6.60. The van der Waals surface area contributed by atoms with Crippen molar-refractivity contribution in [3.05, 3.63) is 22.3 Å². The number of fused-ring (bicyclic) bond motifs is 1. The average Bonchev–Trinajstić information content (AvgIpc) is 2.70. The molecule has 1 aliphatic rings. The van der Waals surface area contributed by atoms with Crippen molar-refractivity contribution in [1.29, 1.82) is 0 Å². The van der Waals surface area contributed by atoms with Gasteiger partial charge in [-0.25, -0.2) is 0 Å². The van der Waals surface area contributed by atoms with Gasteiger partial charge in [0.25, 0.3) is 0 Å². The van der Waals surface area contributed by atoms with E-state index in [4.69, 9.17) is 4.74 Å². The van der Waals surface area contributed by atoms with Crippen molar-refractivity contribution in [3.8, 4) is 11.5 Å². The summed E-state index contributed by atoms with van der Waals surface area (Å²) in [7, 11) is 0. The van der Waals surface area contributed by atoms with Crippen LogP contribution in [0.4, 0.5) is 0 Å². The van der Waals surface area contributed by atoms with E-state index in [9.17, 15) is 5.11 Å². The number of hydrogen-bond donors (Lipinski definition) is 1. The Balaban J connectivity index is 0.00000512. The molecule has 0 fully saturated rings. The van der Waals surface area contributed by atoms with E-state index in [1.807, 2.05) is 13.8 Å². The molecule has 1 aromatic rings. The van der Waals surface area contributed by atoms with Gasteiger partial charge in [-0.3, -0.25) is 0 Å². The van der Waals surface area contributed by atoms with Crippen molar-refractivity contribution >= 4 is 0 Å². The Morgan fingerprint density at radius 2 is 1.38 bits per heavy atom. The van der Waals surface area contributed by atoms with Gasteiger partial charge in [-0.15, -0.1) is 0 Å². The van der Waals surface area contributed by atoms with Gasteiger partial charge in [0.05, 0.1) is 0 Å². The summed E-state index contributed by atoms with van der Waals surface area (Å²) >= 11 is 0. The molecule has 0 amide bonds. The molecule has 0 spiro atoms. The minimum absolute atomic E-state index is 0. The Hall–Kier alpha value is -0.180. The van der Waals surface area contributed by atoms with Crippen LogP contribution in [0.1, 0.15) is 123 Å². The molecule has 2 rings (SSSR count). The Labute approximate surface area is 223 Å². The molecule has 2 unspecified atom stereocenters. The van der Waals surface area contributed by atoms with Gasteiger partial charge in [-0.2, -0.15) is 0 Å². The van der Waals surface area contributed by atoms with E-state index in [2.05, 4.69) is 41.5 Å². The molecule has 0 aliphatic carbocycles. The molecule has 0 aromatic heterocycles. The fraction of sp³-hybridized carbons (Fsp3) is 0.793. The first kappa shape index (κ1) is 29.9. The van der Waals surface area contributed by atoms with Gasteiger partial charge in [-0.1, -0.05) is 72.6 Å². The maximum Gasteiger partial charge on any atom is 1.00 e. The largest absolute Gasteiger partial charge is 1.00 e. The number of hydrogen-bond acceptors (Lipinski definition) is 2. The van der Waals surface area contributed by atoms with E-state index < -0.39 is 0 Å². The van der Waals surface area contributed by atoms with Crippen LogP contribution in [0, 0.1) is 38.5 Å². The summed E-state index contributed by atoms with van der Waals surface area (Å²) in [6.45, 7) is 17.9. The number of benzene rings is 1. The zero-order chi connectivity index (χ0) is 23.2. The summed E-state index contributed by atoms with van der Waals surface area (Å²) in [4.78, 5) is 0. The first-order valence-electron chi connectivity index (χ1n) is 13.0. The van der Waals surface area contributed by atoms with Crippen LogP contribution in [0.5, 0.6) is 11.5 Å². The SMILES string of the molecule is Cc1c(C)c2c(c(C)c1O)CC[C@@](C)(CCCC(C)CCCC(C)CCCC(C)C)O2.[H-].[Na+]. The Bertz CT molecular complexity index is 718. The van der Waals surface area contributed by atoms with Gasteiger partial charge in [0.1, 0.15) is 17.1 Å². The quantitative estimate of drug-likeness (QED) is 0.395. The predicted molar refractivity (Wildman–Crippen MR) is 136 cm³/mol. The van der Waals surface area contributed by atoms with Crippen LogP contribution in [0.2, 0.25) is 0 Å². The first-order chi connectivity index (χ1) is 14.5. The molecule has 0 saturated heterocycles. The van der Waals surface area contributed by atoms with Crippen molar-refractivity contribution in [3.63, 3.8) is 0 Å². The topological polar surface area (TPSA) is 29.5 Å². The molecule has 1 aromatic carbocycles. The van der Waals surface area contributed by atoms with E-state index in [1.54, 1.807) is 0 Å². The molecule has 0 radical (unpaired) electrons. The zero-order valence-electron chi connectivity index (χ0n) is 23.9. The van der Waals surface area contributed by atoms with Crippen LogP contribution >= 0.6 is 0 Å². The van der Waals surface area contributed by atoms with Gasteiger partial charge >= 0.3 is 29.6 Å². The molecule has 1 N–H and O–H groups in total. The van der Waals surface area contributed by atoms with E-state index in [-0.39, 0.29) is 36.6 Å². The van der Waals surface area contributed by atoms with Crippen molar-refractivity contribution < 1.29 is 40.8 Å². The number of phenolic OH excluding ortho intramolecular Hbond substituents is 1. The Morgan fingerprint density at radius 3 is 1.94 bits per heavy atom. The van der Waals surface area contributed by atoms with Crippen LogP contribution in [-0.4, -0.2) is 10.7 Å². The van der Waals surface area contributed by atoms with Gasteiger partial charge in [0.15, 0.2) is 0 Å². The third kappa shape index (κ3) is 8.55. The summed E-state index contributed by atoms with van der Waals surface area (Å²) in [5.74, 6) is 4.04. The molecule has 2 nitrogen and oxygen atoms in total. The molecule has 180 valence electrons. The summed E-state index contributed by atoms with van der Waals surface area (Å²) in [5, 5.41) is 10.4. The first-order valence-corrected chi connectivity index (χ1v) is 13.0. The van der Waals surface area contributed by atoms with Crippen LogP contribution in [-0.2, 0) is 6.42 Å². The Morgan fingerprint density at radius 1 is 0.844 bits per heavy atom. The predicted octanol–water partition coefficient (Wildman–Crippen LogP) is 5.96. The van der Waals surface area contributed by atoms with Crippen LogP contribution in [0.3, 0.4) is 0 Å². The standard InChI is InChI=1S/C29H50O2.Na.H/c1-20(2)12-9-13-21(3)14-10-15-22(4)16-11-18-29(8)19-17-26-25(7)27(30)23(5)24(6)28(26)31-29;;/h20-22,30H,9-19H2,1-8H3;;/q;+1;-1/t21?,22?,29-;;/m1../s1. The molecular weight excluding hydrogens is 403 g/mol. The summed E-state index contributed by atoms with van der Waals surface area (Å²) in [6.07, 6.45) is 14.1. The molecule has 1 aliphatic heterocycles. The normalized spacial score (nSPS) is 19.8. The molecular formula is C29H51NaO2. The minimum atomic E-state index is -0.0712. The van der Waals surface area contributed by atoms with Gasteiger partial charge in [0.2, 0.25) is 0 Å². The van der Waals surface area contributed by atoms with Crippen molar-refractivity contribution in [2.45, 2.75) is 132 Å². The maximum atomic E-state index is 10.4. The third-order valence-electron chi connectivity index (χ3n) is 7.87. The molecule has 32 heavy (non-hydrogen) atoms. The molecule has 3 atom stereocenters. The monoisotopic (exact) mass is 454 g/mol. The second kappa shape index (κ2) is 13.6. The van der Waals surface area contributed by atoms with Crippen LogP contribution in [0.15, 0.2) is 0 Å². The maximum absolute atomic E-state index is 10.4. The number of aromatic hydroxyl groups is 1. The number of ether oxygens (including phenoxy) is 1. The Kier molecular flexibility index (Phi) is 12.7. The zero-order valence-corrected chi connectivity index (χ0v) is 24.9. The second-order valence-corrected chi connectivity index (χ2v) is 11.4. The van der Waals surface area contributed by atoms with Crippen molar-refractivity contribution in [1.82, 2.24) is 0 Å². The molecule has 1 heterocycles. The smallest absolute Gasteiger partial charge is 1.00 e. The van der Waals surface area contributed by atoms with Gasteiger partial charge in [-0.05, 0) is 87.8 Å². The molecule has 0 saturated carbocycles. The second-order valence-electron chi connectivity index (χ2n) is 11.4. The van der Waals surface area contributed by atoms with Crippen molar-refractivity contribution in [2.75, 3.05) is 0 Å². The fourth-order valence-electron chi connectivity index (χ4n) is 5.27. The van der Waals surface area contributed by atoms with E-state index >= 15 is 0 Å². The van der Waals surface area contributed by atoms with Crippen LogP contribution in [0.25, 0.3) is 0 Å².